The van der Waals surface area contributed by atoms with Crippen molar-refractivity contribution >= 4 is 11.6 Å². The molecule has 0 aliphatic heterocycles. The van der Waals surface area contributed by atoms with Gasteiger partial charge in [-0.05, 0) is 37.8 Å². The first kappa shape index (κ1) is 14.6. The normalized spacial score (nSPS) is 23.3. The predicted octanol–water partition coefficient (Wildman–Crippen LogP) is 3.80. The molecule has 0 radical (unpaired) electrons. The molecule has 0 spiro atoms. The van der Waals surface area contributed by atoms with Crippen LogP contribution in [0.4, 0.5) is 0 Å². The summed E-state index contributed by atoms with van der Waals surface area (Å²) in [5.41, 5.74) is 0.866. The number of ether oxygens (including phenoxy) is 1. The van der Waals surface area contributed by atoms with Crippen LogP contribution in [0.3, 0.4) is 0 Å². The Kier molecular flexibility index (Phi) is 5.46. The van der Waals surface area contributed by atoms with Gasteiger partial charge in [-0.3, -0.25) is 0 Å². The van der Waals surface area contributed by atoms with Gasteiger partial charge in [-0.2, -0.15) is 0 Å². The lowest BCUT2D eigenvalue weighted by Crippen LogP contribution is -2.24. The number of pyridine rings is 1. The molecule has 1 aromatic rings. The maximum absolute atomic E-state index is 6.14. The highest BCUT2D eigenvalue weighted by Crippen LogP contribution is 2.27. The van der Waals surface area contributed by atoms with E-state index in [1.807, 2.05) is 12.1 Å². The fourth-order valence-corrected chi connectivity index (χ4v) is 2.73. The molecule has 1 heterocycles. The van der Waals surface area contributed by atoms with Crippen LogP contribution in [-0.4, -0.2) is 17.6 Å². The van der Waals surface area contributed by atoms with Crippen molar-refractivity contribution in [2.24, 2.45) is 5.92 Å². The molecule has 0 bridgehead atoms. The van der Waals surface area contributed by atoms with Crippen molar-refractivity contribution < 1.29 is 4.74 Å². The van der Waals surface area contributed by atoms with Crippen LogP contribution in [0.25, 0.3) is 0 Å². The van der Waals surface area contributed by atoms with Crippen LogP contribution in [0.2, 0.25) is 5.02 Å². The largest absolute Gasteiger partial charge is 0.474 e. The molecule has 0 aromatic carbocycles. The summed E-state index contributed by atoms with van der Waals surface area (Å²) in [7, 11) is 0. The number of rotatable bonds is 5. The summed E-state index contributed by atoms with van der Waals surface area (Å²) in [5, 5.41) is 3.94. The molecule has 1 saturated carbocycles. The highest BCUT2D eigenvalue weighted by atomic mass is 35.5. The molecule has 106 valence electrons. The zero-order valence-corrected chi connectivity index (χ0v) is 12.5. The van der Waals surface area contributed by atoms with Gasteiger partial charge >= 0.3 is 0 Å². The van der Waals surface area contributed by atoms with Crippen LogP contribution in [0.15, 0.2) is 12.1 Å². The van der Waals surface area contributed by atoms with E-state index in [9.17, 15) is 0 Å². The first-order valence-electron chi connectivity index (χ1n) is 7.21. The van der Waals surface area contributed by atoms with Gasteiger partial charge in [0.15, 0.2) is 0 Å². The zero-order chi connectivity index (χ0) is 13.7. The van der Waals surface area contributed by atoms with Crippen molar-refractivity contribution in [3.05, 3.63) is 22.8 Å². The summed E-state index contributed by atoms with van der Waals surface area (Å²) in [6, 6.07) is 3.75. The quantitative estimate of drug-likeness (QED) is 0.892. The Balaban J connectivity index is 1.99. The lowest BCUT2D eigenvalue weighted by Gasteiger charge is -2.27. The van der Waals surface area contributed by atoms with Crippen LogP contribution in [-0.2, 0) is 6.54 Å². The highest BCUT2D eigenvalue weighted by molar-refractivity contribution is 6.31. The Morgan fingerprint density at radius 2 is 2.26 bits per heavy atom. The van der Waals surface area contributed by atoms with Crippen molar-refractivity contribution in [1.29, 1.82) is 0 Å². The fraction of sp³-hybridized carbons (Fsp3) is 0.667. The van der Waals surface area contributed by atoms with Crippen LogP contribution < -0.4 is 10.1 Å². The van der Waals surface area contributed by atoms with Crippen LogP contribution in [0.5, 0.6) is 5.88 Å². The zero-order valence-electron chi connectivity index (χ0n) is 11.8. The van der Waals surface area contributed by atoms with E-state index in [2.05, 4.69) is 24.1 Å². The average Bonchev–Trinajstić information content (AvgIpc) is 2.39. The van der Waals surface area contributed by atoms with E-state index in [1.165, 1.54) is 12.8 Å². The van der Waals surface area contributed by atoms with Crippen molar-refractivity contribution in [3.63, 3.8) is 0 Å². The summed E-state index contributed by atoms with van der Waals surface area (Å²) in [6.45, 7) is 5.95. The SMILES string of the molecule is CCNCc1nc(OC2CCCC(C)C2)ccc1Cl. The number of nitrogens with zero attached hydrogens (tertiary/aromatic N) is 1. The summed E-state index contributed by atoms with van der Waals surface area (Å²) in [4.78, 5) is 4.51. The Morgan fingerprint density at radius 3 is 3.00 bits per heavy atom. The summed E-state index contributed by atoms with van der Waals surface area (Å²) in [5.74, 6) is 1.46. The lowest BCUT2D eigenvalue weighted by atomic mass is 9.89. The second-order valence-corrected chi connectivity index (χ2v) is 5.78. The minimum Gasteiger partial charge on any atom is -0.474 e. The molecule has 0 amide bonds. The Morgan fingerprint density at radius 1 is 1.42 bits per heavy atom. The van der Waals surface area contributed by atoms with E-state index in [0.717, 1.165) is 31.0 Å². The number of nitrogens with one attached hydrogen (secondary N) is 1. The van der Waals surface area contributed by atoms with Crippen molar-refractivity contribution in [3.8, 4) is 5.88 Å². The highest BCUT2D eigenvalue weighted by Gasteiger charge is 2.20. The molecule has 2 rings (SSSR count). The van der Waals surface area contributed by atoms with Crippen molar-refractivity contribution in [2.75, 3.05) is 6.54 Å². The minimum atomic E-state index is 0.310. The second kappa shape index (κ2) is 7.11. The maximum Gasteiger partial charge on any atom is 0.213 e. The van der Waals surface area contributed by atoms with E-state index >= 15 is 0 Å². The van der Waals surface area contributed by atoms with Gasteiger partial charge in [0, 0.05) is 12.6 Å². The molecule has 3 nitrogen and oxygen atoms in total. The van der Waals surface area contributed by atoms with Gasteiger partial charge in [-0.25, -0.2) is 4.98 Å². The summed E-state index contributed by atoms with van der Waals surface area (Å²) >= 11 is 6.14. The van der Waals surface area contributed by atoms with E-state index in [4.69, 9.17) is 16.3 Å². The Labute approximate surface area is 120 Å². The lowest BCUT2D eigenvalue weighted by molar-refractivity contribution is 0.123. The van der Waals surface area contributed by atoms with Crippen LogP contribution in [0.1, 0.15) is 45.2 Å². The standard InChI is InChI=1S/C15H23ClN2O/c1-3-17-10-14-13(16)7-8-15(18-14)19-12-6-4-5-11(2)9-12/h7-8,11-12,17H,3-6,9-10H2,1-2H3. The molecule has 1 fully saturated rings. The van der Waals surface area contributed by atoms with Crippen molar-refractivity contribution in [1.82, 2.24) is 10.3 Å². The molecule has 1 aliphatic carbocycles. The monoisotopic (exact) mass is 282 g/mol. The smallest absolute Gasteiger partial charge is 0.213 e. The number of halogens is 1. The third-order valence-electron chi connectivity index (χ3n) is 3.61. The van der Waals surface area contributed by atoms with Gasteiger partial charge in [0.25, 0.3) is 0 Å². The van der Waals surface area contributed by atoms with Crippen molar-refractivity contribution in [2.45, 2.75) is 52.2 Å². The molecule has 2 atom stereocenters. The third-order valence-corrected chi connectivity index (χ3v) is 3.96. The van der Waals surface area contributed by atoms with E-state index < -0.39 is 0 Å². The predicted molar refractivity (Wildman–Crippen MR) is 78.7 cm³/mol. The molecular weight excluding hydrogens is 260 g/mol. The first-order chi connectivity index (χ1) is 9.19. The fourth-order valence-electron chi connectivity index (χ4n) is 2.55. The molecule has 4 heteroatoms. The average molecular weight is 283 g/mol. The van der Waals surface area contributed by atoms with Gasteiger partial charge in [-0.1, -0.05) is 31.9 Å². The second-order valence-electron chi connectivity index (χ2n) is 5.37. The molecule has 1 aromatic heterocycles. The van der Waals surface area contributed by atoms with Crippen LogP contribution in [0, 0.1) is 5.92 Å². The van der Waals surface area contributed by atoms with Crippen LogP contribution >= 0.6 is 11.6 Å². The molecule has 1 aliphatic rings. The van der Waals surface area contributed by atoms with Gasteiger partial charge < -0.3 is 10.1 Å². The third kappa shape index (κ3) is 4.36. The van der Waals surface area contributed by atoms with Gasteiger partial charge in [0.2, 0.25) is 5.88 Å². The Hall–Kier alpha value is -0.800. The van der Waals surface area contributed by atoms with E-state index in [-0.39, 0.29) is 0 Å². The molecule has 19 heavy (non-hydrogen) atoms. The number of hydrogen-bond acceptors (Lipinski definition) is 3. The van der Waals surface area contributed by atoms with Gasteiger partial charge in [0.1, 0.15) is 6.10 Å². The maximum atomic E-state index is 6.14. The summed E-state index contributed by atoms with van der Waals surface area (Å²) < 4.78 is 6.00. The van der Waals surface area contributed by atoms with Gasteiger partial charge in [-0.15, -0.1) is 0 Å². The minimum absolute atomic E-state index is 0.310. The molecular formula is C15H23ClN2O. The number of aromatic nitrogens is 1. The molecule has 1 N–H and O–H groups in total. The first-order valence-corrected chi connectivity index (χ1v) is 7.59. The van der Waals surface area contributed by atoms with E-state index in [1.54, 1.807) is 0 Å². The number of hydrogen-bond donors (Lipinski definition) is 1. The molecule has 0 saturated heterocycles. The molecule has 2 unspecified atom stereocenters. The Bertz CT molecular complexity index is 411. The van der Waals surface area contributed by atoms with Gasteiger partial charge in [0.05, 0.1) is 10.7 Å². The van der Waals surface area contributed by atoms with E-state index in [0.29, 0.717) is 23.6 Å². The topological polar surface area (TPSA) is 34.2 Å². The summed E-state index contributed by atoms with van der Waals surface area (Å²) in [6.07, 6.45) is 5.15.